The van der Waals surface area contributed by atoms with Crippen LogP contribution in [-0.2, 0) is 9.59 Å². The molecule has 4 N–H and O–H groups in total. The van der Waals surface area contributed by atoms with Gasteiger partial charge < -0.3 is 20.4 Å². The molecule has 0 spiro atoms. The molecule has 0 bridgehead atoms. The fourth-order valence-electron chi connectivity index (χ4n) is 0.740. The average Bonchev–Trinajstić information content (AvgIpc) is 2.10. The lowest BCUT2D eigenvalue weighted by Crippen LogP contribution is -2.15. The van der Waals surface area contributed by atoms with Crippen molar-refractivity contribution in [1.29, 1.82) is 0 Å². The van der Waals surface area contributed by atoms with Crippen LogP contribution in [0.1, 0.15) is 47.5 Å². The van der Waals surface area contributed by atoms with Crippen molar-refractivity contribution in [2.24, 2.45) is 0 Å². The molecule has 0 aliphatic carbocycles. The summed E-state index contributed by atoms with van der Waals surface area (Å²) in [6.45, 7) is 8.46. The van der Waals surface area contributed by atoms with Crippen LogP contribution in [0.25, 0.3) is 0 Å². The zero-order chi connectivity index (χ0) is 17.9. The Hall–Kier alpha value is -0.440. The largest absolute Gasteiger partial charge is 0.481 e. The first-order valence-corrected chi connectivity index (χ1v) is 7.17. The molecule has 0 saturated heterocycles. The first-order chi connectivity index (χ1) is 9.10. The highest BCUT2D eigenvalue weighted by molar-refractivity contribution is 7.82. The lowest BCUT2D eigenvalue weighted by molar-refractivity contribution is -0.138. The minimum absolute atomic E-state index is 0.107. The molecule has 0 rings (SSSR count). The second-order valence-corrected chi connectivity index (χ2v) is 8.22. The van der Waals surface area contributed by atoms with Gasteiger partial charge in [-0.1, -0.05) is 27.7 Å². The molecule has 0 heterocycles. The Morgan fingerprint density at radius 3 is 1.14 bits per heavy atom. The van der Waals surface area contributed by atoms with E-state index in [1.807, 2.05) is 0 Å². The van der Waals surface area contributed by atoms with Crippen LogP contribution in [-0.4, -0.2) is 54.6 Å². The van der Waals surface area contributed by atoms with Gasteiger partial charge in [-0.15, -0.1) is 0 Å². The second kappa shape index (κ2) is 12.1. The highest BCUT2D eigenvalue weighted by atomic mass is 32.1. The van der Waals surface area contributed by atoms with Crippen molar-refractivity contribution in [2.45, 2.75) is 63.1 Å². The van der Waals surface area contributed by atoms with E-state index in [0.717, 1.165) is 0 Å². The summed E-state index contributed by atoms with van der Waals surface area (Å²) in [6, 6.07) is 0. The van der Waals surface area contributed by atoms with Crippen LogP contribution in [0.3, 0.4) is 0 Å². The molecule has 0 saturated carbocycles. The van der Waals surface area contributed by atoms with Crippen molar-refractivity contribution >= 4 is 37.2 Å². The molecule has 0 radical (unpaired) electrons. The van der Waals surface area contributed by atoms with Gasteiger partial charge in [0.15, 0.2) is 0 Å². The van der Waals surface area contributed by atoms with Gasteiger partial charge >= 0.3 is 11.9 Å². The van der Waals surface area contributed by atoms with E-state index < -0.39 is 18.0 Å². The minimum atomic E-state index is -0.801. The van der Waals surface area contributed by atoms with Crippen LogP contribution >= 0.6 is 25.3 Å². The molecule has 0 aromatic rings. The van der Waals surface area contributed by atoms with Gasteiger partial charge in [-0.05, 0) is 6.92 Å². The molecular weight excluding hydrogens is 316 g/mol. The van der Waals surface area contributed by atoms with Gasteiger partial charge in [-0.2, -0.15) is 25.3 Å². The summed E-state index contributed by atoms with van der Waals surface area (Å²) < 4.78 is -0.766. The maximum atomic E-state index is 9.97. The van der Waals surface area contributed by atoms with Crippen molar-refractivity contribution in [1.82, 2.24) is 0 Å². The van der Waals surface area contributed by atoms with Gasteiger partial charge in [0.2, 0.25) is 0 Å². The highest BCUT2D eigenvalue weighted by Crippen LogP contribution is 2.16. The second-order valence-electron chi connectivity index (χ2n) is 5.80. The van der Waals surface area contributed by atoms with Crippen molar-refractivity contribution in [3.63, 3.8) is 0 Å². The van der Waals surface area contributed by atoms with Crippen molar-refractivity contribution in [2.75, 3.05) is 6.61 Å². The van der Waals surface area contributed by atoms with E-state index in [1.165, 1.54) is 6.92 Å². The fraction of sp³-hybridized carbons (Fsp3) is 0.846. The van der Waals surface area contributed by atoms with Gasteiger partial charge in [0, 0.05) is 9.49 Å². The van der Waals surface area contributed by atoms with Gasteiger partial charge in [0.25, 0.3) is 0 Å². The average molecular weight is 344 g/mol. The number of hydrogen-bond acceptors (Lipinski definition) is 6. The molecule has 21 heavy (non-hydrogen) atoms. The quantitative estimate of drug-likeness (QED) is 0.423. The normalized spacial score (nSPS) is 12.2. The van der Waals surface area contributed by atoms with Crippen LogP contribution in [0, 0.1) is 0 Å². The van der Waals surface area contributed by atoms with Crippen LogP contribution in [0.15, 0.2) is 0 Å². The maximum Gasteiger partial charge on any atom is 0.304 e. The molecule has 0 amide bonds. The number of carboxylic acid groups (broad SMARTS) is 2. The summed E-state index contributed by atoms with van der Waals surface area (Å²) in [4.78, 5) is 19.9. The summed E-state index contributed by atoms with van der Waals surface area (Å²) in [5.74, 6) is -1.60. The lowest BCUT2D eigenvalue weighted by atomic mass is 10.1. The topological polar surface area (TPSA) is 115 Å². The summed E-state index contributed by atoms with van der Waals surface area (Å²) >= 11 is 8.03. The third-order valence-corrected chi connectivity index (χ3v) is 1.75. The predicted octanol–water partition coefficient (Wildman–Crippen LogP) is 1.70. The van der Waals surface area contributed by atoms with E-state index in [9.17, 15) is 9.59 Å². The van der Waals surface area contributed by atoms with Gasteiger partial charge in [-0.3, -0.25) is 9.59 Å². The van der Waals surface area contributed by atoms with E-state index in [2.05, 4.69) is 25.3 Å². The Labute approximate surface area is 137 Å². The number of rotatable bonds is 5. The molecule has 0 aromatic carbocycles. The first-order valence-electron chi connectivity index (χ1n) is 6.28. The SMILES string of the molecule is CC(C)(S)CC(=O)O.CC(C)(S)CC(=O)O.CC(O)CO. The lowest BCUT2D eigenvalue weighted by Gasteiger charge is -2.12. The Morgan fingerprint density at radius 2 is 1.14 bits per heavy atom. The van der Waals surface area contributed by atoms with Crippen molar-refractivity contribution < 1.29 is 30.0 Å². The van der Waals surface area contributed by atoms with Gasteiger partial charge in [-0.25, -0.2) is 0 Å². The molecule has 128 valence electrons. The van der Waals surface area contributed by atoms with E-state index in [1.54, 1.807) is 27.7 Å². The first kappa shape index (κ1) is 25.5. The summed E-state index contributed by atoms with van der Waals surface area (Å²) in [7, 11) is 0. The minimum Gasteiger partial charge on any atom is -0.481 e. The van der Waals surface area contributed by atoms with E-state index in [-0.39, 0.29) is 28.9 Å². The number of aliphatic carboxylic acids is 2. The molecule has 0 aliphatic rings. The molecule has 0 aliphatic heterocycles. The predicted molar refractivity (Wildman–Crippen MR) is 89.4 cm³/mol. The van der Waals surface area contributed by atoms with Crippen LogP contribution < -0.4 is 0 Å². The number of carbonyl (C=O) groups is 2. The zero-order valence-electron chi connectivity index (χ0n) is 13.2. The number of aliphatic hydroxyl groups excluding tert-OH is 2. The number of aliphatic hydroxyl groups is 2. The smallest absolute Gasteiger partial charge is 0.304 e. The highest BCUT2D eigenvalue weighted by Gasteiger charge is 2.15. The number of carboxylic acids is 2. The number of thiol groups is 2. The van der Waals surface area contributed by atoms with Crippen molar-refractivity contribution in [3.05, 3.63) is 0 Å². The third kappa shape index (κ3) is 45.1. The zero-order valence-corrected chi connectivity index (χ0v) is 15.0. The number of hydrogen-bond donors (Lipinski definition) is 6. The maximum absolute atomic E-state index is 9.97. The Morgan fingerprint density at radius 1 is 0.952 bits per heavy atom. The Balaban J connectivity index is -0.000000239. The van der Waals surface area contributed by atoms with Crippen LogP contribution in [0.5, 0.6) is 0 Å². The molecule has 6 nitrogen and oxygen atoms in total. The Kier molecular flexibility index (Phi) is 14.7. The monoisotopic (exact) mass is 344 g/mol. The standard InChI is InChI=1S/2C5H10O2S.C3H8O2/c2*1-5(2,8)3-4(6)7;1-3(5)2-4/h2*8H,3H2,1-2H3,(H,6,7);3-5H,2H2,1H3. The molecule has 8 heteroatoms. The van der Waals surface area contributed by atoms with Crippen molar-refractivity contribution in [3.8, 4) is 0 Å². The summed E-state index contributed by atoms with van der Waals surface area (Å²) in [5, 5.41) is 32.4. The van der Waals surface area contributed by atoms with Crippen LogP contribution in [0.2, 0.25) is 0 Å². The van der Waals surface area contributed by atoms with E-state index in [0.29, 0.717) is 0 Å². The van der Waals surface area contributed by atoms with Crippen LogP contribution in [0.4, 0.5) is 0 Å². The molecule has 0 aromatic heterocycles. The molecule has 0 fully saturated rings. The van der Waals surface area contributed by atoms with E-state index in [4.69, 9.17) is 20.4 Å². The molecule has 1 unspecified atom stereocenters. The summed E-state index contributed by atoms with van der Waals surface area (Å²) in [6.07, 6.45) is -0.346. The summed E-state index contributed by atoms with van der Waals surface area (Å²) in [5.41, 5.74) is 0. The van der Waals surface area contributed by atoms with E-state index >= 15 is 0 Å². The molecular formula is C13H28O6S2. The fourth-order valence-corrected chi connectivity index (χ4v) is 1.01. The molecule has 1 atom stereocenters. The Bertz CT molecular complexity index is 266. The third-order valence-electron chi connectivity index (χ3n) is 1.43. The van der Waals surface area contributed by atoms with Gasteiger partial charge in [0.05, 0.1) is 25.6 Å². The van der Waals surface area contributed by atoms with Gasteiger partial charge in [0.1, 0.15) is 0 Å².